The van der Waals surface area contributed by atoms with Crippen LogP contribution in [0, 0.1) is 0 Å². The fraction of sp³-hybridized carbons (Fsp3) is 0.500. The number of benzene rings is 1. The summed E-state index contributed by atoms with van der Waals surface area (Å²) < 4.78 is 39.8. The smallest absolute Gasteiger partial charge is 0.341 e. The van der Waals surface area contributed by atoms with Gasteiger partial charge < -0.3 is 15.5 Å². The number of hydrogen-bond acceptors (Lipinski definition) is 3. The molecule has 3 rings (SSSR count). The predicted octanol–water partition coefficient (Wildman–Crippen LogP) is 6.93. The normalized spacial score (nSPS) is 18.6. The van der Waals surface area contributed by atoms with Gasteiger partial charge in [0.2, 0.25) is 0 Å². The monoisotopic (exact) mass is 489 g/mol. The molecular weight excluding hydrogens is 463 g/mol. The van der Waals surface area contributed by atoms with Gasteiger partial charge in [0.05, 0.1) is 17.1 Å². The molecule has 0 spiro atoms. The molecular formula is C22H27ClF3N3S2. The van der Waals surface area contributed by atoms with Crippen LogP contribution in [0.4, 0.5) is 18.9 Å². The SMILES string of the molecule is CC1(C)CC(N(Cc2cccs2)C(=S)Nc2ccc(Cl)c(C(F)(F)F)c2)CC(C)(C)N1. The molecule has 1 fully saturated rings. The van der Waals surface area contributed by atoms with E-state index in [1.165, 1.54) is 12.1 Å². The molecule has 1 aromatic carbocycles. The molecule has 0 unspecified atom stereocenters. The van der Waals surface area contributed by atoms with Crippen molar-refractivity contribution in [2.24, 2.45) is 0 Å². The quantitative estimate of drug-likeness (QED) is 0.455. The molecule has 2 N–H and O–H groups in total. The van der Waals surface area contributed by atoms with E-state index in [-0.39, 0.29) is 27.8 Å². The highest BCUT2D eigenvalue weighted by Crippen LogP contribution is 2.37. The van der Waals surface area contributed by atoms with Crippen molar-refractivity contribution in [2.75, 3.05) is 5.32 Å². The molecule has 0 amide bonds. The van der Waals surface area contributed by atoms with Gasteiger partial charge >= 0.3 is 6.18 Å². The third kappa shape index (κ3) is 6.34. The second-order valence-corrected chi connectivity index (χ2v) is 11.1. The number of anilines is 1. The van der Waals surface area contributed by atoms with Crippen LogP contribution in [0.5, 0.6) is 0 Å². The summed E-state index contributed by atoms with van der Waals surface area (Å²) in [6.45, 7) is 9.25. The summed E-state index contributed by atoms with van der Waals surface area (Å²) >= 11 is 13.1. The van der Waals surface area contributed by atoms with Gasteiger partial charge in [0.15, 0.2) is 5.11 Å². The highest BCUT2D eigenvalue weighted by Gasteiger charge is 2.41. The van der Waals surface area contributed by atoms with Crippen LogP contribution in [0.15, 0.2) is 35.7 Å². The molecule has 2 aromatic rings. The lowest BCUT2D eigenvalue weighted by Gasteiger charge is -2.50. The Labute approximate surface area is 196 Å². The summed E-state index contributed by atoms with van der Waals surface area (Å²) in [5.74, 6) is 0. The number of rotatable bonds is 4. The largest absolute Gasteiger partial charge is 0.417 e. The predicted molar refractivity (Wildman–Crippen MR) is 127 cm³/mol. The van der Waals surface area contributed by atoms with Gasteiger partial charge in [-0.15, -0.1) is 11.3 Å². The Hall–Kier alpha value is -1.35. The Morgan fingerprint density at radius 1 is 1.23 bits per heavy atom. The summed E-state index contributed by atoms with van der Waals surface area (Å²) in [6, 6.07) is 7.93. The van der Waals surface area contributed by atoms with E-state index in [1.807, 2.05) is 17.5 Å². The zero-order chi connectivity index (χ0) is 23.0. The number of alkyl halides is 3. The second kappa shape index (κ2) is 8.89. The van der Waals surface area contributed by atoms with E-state index in [9.17, 15) is 13.2 Å². The first-order valence-electron chi connectivity index (χ1n) is 10.0. The number of nitrogens with one attached hydrogen (secondary N) is 2. The van der Waals surface area contributed by atoms with Crippen molar-refractivity contribution in [1.29, 1.82) is 0 Å². The third-order valence-electron chi connectivity index (χ3n) is 5.30. The molecule has 1 aliphatic rings. The zero-order valence-electron chi connectivity index (χ0n) is 17.9. The minimum Gasteiger partial charge on any atom is -0.341 e. The van der Waals surface area contributed by atoms with Crippen LogP contribution in [-0.4, -0.2) is 27.1 Å². The van der Waals surface area contributed by atoms with Gasteiger partial charge in [-0.1, -0.05) is 17.7 Å². The van der Waals surface area contributed by atoms with Gasteiger partial charge in [0.25, 0.3) is 0 Å². The van der Waals surface area contributed by atoms with Crippen LogP contribution >= 0.6 is 35.2 Å². The van der Waals surface area contributed by atoms with Gasteiger partial charge in [-0.25, -0.2) is 0 Å². The summed E-state index contributed by atoms with van der Waals surface area (Å²) in [5, 5.41) is 8.78. The average Bonchev–Trinajstić information content (AvgIpc) is 3.10. The maximum Gasteiger partial charge on any atom is 0.417 e. The van der Waals surface area contributed by atoms with E-state index < -0.39 is 11.7 Å². The van der Waals surface area contributed by atoms with Crippen LogP contribution in [0.2, 0.25) is 5.02 Å². The molecule has 3 nitrogen and oxygen atoms in total. The highest BCUT2D eigenvalue weighted by atomic mass is 35.5. The maximum absolute atomic E-state index is 13.3. The molecule has 0 atom stereocenters. The Bertz CT molecular complexity index is 911. The minimum atomic E-state index is -4.53. The number of thiocarbonyl (C=S) groups is 1. The maximum atomic E-state index is 13.3. The first-order chi connectivity index (χ1) is 14.3. The van der Waals surface area contributed by atoms with Gasteiger partial charge in [-0.3, -0.25) is 0 Å². The molecule has 0 bridgehead atoms. The molecule has 2 heterocycles. The number of piperidine rings is 1. The fourth-order valence-electron chi connectivity index (χ4n) is 4.44. The fourth-order valence-corrected chi connectivity index (χ4v) is 5.70. The second-order valence-electron chi connectivity index (χ2n) is 9.28. The van der Waals surface area contributed by atoms with E-state index >= 15 is 0 Å². The molecule has 9 heteroatoms. The Morgan fingerprint density at radius 2 is 1.87 bits per heavy atom. The van der Waals surface area contributed by atoms with Gasteiger partial charge in [-0.2, -0.15) is 13.2 Å². The van der Waals surface area contributed by atoms with Gasteiger partial charge in [0, 0.05) is 27.7 Å². The van der Waals surface area contributed by atoms with Crippen molar-refractivity contribution in [1.82, 2.24) is 10.2 Å². The molecule has 1 aliphatic heterocycles. The number of hydrogen-bond donors (Lipinski definition) is 2. The Balaban J connectivity index is 1.88. The minimum absolute atomic E-state index is 0.0978. The van der Waals surface area contributed by atoms with Crippen LogP contribution in [0.3, 0.4) is 0 Å². The molecule has 31 heavy (non-hydrogen) atoms. The summed E-state index contributed by atoms with van der Waals surface area (Å²) in [4.78, 5) is 3.25. The first-order valence-corrected chi connectivity index (χ1v) is 11.7. The van der Waals surface area contributed by atoms with E-state index in [0.29, 0.717) is 11.7 Å². The van der Waals surface area contributed by atoms with Crippen LogP contribution in [0.25, 0.3) is 0 Å². The lowest BCUT2D eigenvalue weighted by molar-refractivity contribution is -0.137. The van der Waals surface area contributed by atoms with Crippen LogP contribution in [-0.2, 0) is 12.7 Å². The summed E-state index contributed by atoms with van der Waals surface area (Å²) in [5.41, 5.74) is -0.805. The topological polar surface area (TPSA) is 27.3 Å². The third-order valence-corrected chi connectivity index (χ3v) is 6.83. The van der Waals surface area contributed by atoms with E-state index in [0.717, 1.165) is 23.8 Å². The van der Waals surface area contributed by atoms with Crippen molar-refractivity contribution in [3.63, 3.8) is 0 Å². The molecule has 170 valence electrons. The van der Waals surface area contributed by atoms with Crippen LogP contribution in [0.1, 0.15) is 51.0 Å². The average molecular weight is 490 g/mol. The van der Waals surface area contributed by atoms with Crippen LogP contribution < -0.4 is 10.6 Å². The molecule has 0 aliphatic carbocycles. The van der Waals surface area contributed by atoms with Crippen molar-refractivity contribution >= 4 is 46.0 Å². The number of thiophene rings is 1. The Morgan fingerprint density at radius 3 is 2.42 bits per heavy atom. The standard InChI is InChI=1S/C22H27ClF3N3S2/c1-20(2)11-15(12-21(3,4)28-20)29(13-16-6-5-9-31-16)19(30)27-14-7-8-18(23)17(10-14)22(24,25)26/h5-10,15,28H,11-13H2,1-4H3,(H,27,30). The van der Waals surface area contributed by atoms with E-state index in [4.69, 9.17) is 23.8 Å². The van der Waals surface area contributed by atoms with Gasteiger partial charge in [0.1, 0.15) is 0 Å². The van der Waals surface area contributed by atoms with E-state index in [2.05, 4.69) is 43.2 Å². The van der Waals surface area contributed by atoms with Crippen molar-refractivity contribution in [3.05, 3.63) is 51.2 Å². The first kappa shape index (κ1) is 24.3. The molecule has 0 radical (unpaired) electrons. The number of halogens is 4. The van der Waals surface area contributed by atoms with Crippen molar-refractivity contribution in [3.8, 4) is 0 Å². The number of nitrogens with zero attached hydrogens (tertiary/aromatic N) is 1. The Kier molecular flexibility index (Phi) is 6.96. The van der Waals surface area contributed by atoms with Crippen molar-refractivity contribution in [2.45, 2.75) is 70.4 Å². The lowest BCUT2D eigenvalue weighted by Crippen LogP contribution is -2.63. The molecule has 1 saturated heterocycles. The molecule has 0 saturated carbocycles. The lowest BCUT2D eigenvalue weighted by atomic mass is 9.79. The summed E-state index contributed by atoms with van der Waals surface area (Å²) in [6.07, 6.45) is -2.81. The summed E-state index contributed by atoms with van der Waals surface area (Å²) in [7, 11) is 0. The zero-order valence-corrected chi connectivity index (χ0v) is 20.3. The molecule has 1 aromatic heterocycles. The van der Waals surface area contributed by atoms with E-state index in [1.54, 1.807) is 11.3 Å². The van der Waals surface area contributed by atoms with Crippen molar-refractivity contribution < 1.29 is 13.2 Å². The highest BCUT2D eigenvalue weighted by molar-refractivity contribution is 7.80. The van der Waals surface area contributed by atoms with Gasteiger partial charge in [-0.05, 0) is 82.4 Å².